The zero-order chi connectivity index (χ0) is 67.1. The quantitative estimate of drug-likeness (QED) is 0.0280. The molecule has 98 heavy (non-hydrogen) atoms. The van der Waals surface area contributed by atoms with Crippen molar-refractivity contribution in [1.29, 1.82) is 0 Å². The predicted octanol–water partition coefficient (Wildman–Crippen LogP) is 20.1. The molecule has 14 heteroatoms. The maximum absolute atomic E-state index is 6.82. The maximum Gasteiger partial charge on any atom is 0.407 e. The topological polar surface area (TPSA) is 55.4 Å². The van der Waals surface area contributed by atoms with Crippen LogP contribution in [-0.4, -0.2) is 65.3 Å². The molecule has 0 aromatic heterocycles. The van der Waals surface area contributed by atoms with E-state index in [1.165, 1.54) is 147 Å². The third-order valence-corrected chi connectivity index (χ3v) is 29.6. The molecule has 531 valence electrons. The van der Waals surface area contributed by atoms with Crippen molar-refractivity contribution < 1.29 is 190 Å². The summed E-state index contributed by atoms with van der Waals surface area (Å²) in [4.78, 5) is 0. The summed E-state index contributed by atoms with van der Waals surface area (Å²) in [5.41, 5.74) is 0. The minimum Gasteiger partial charge on any atom is -0.388 e. The molecule has 0 saturated carbocycles. The molecule has 0 aliphatic rings. The van der Waals surface area contributed by atoms with Crippen LogP contribution in [0.2, 0.25) is 0 Å². The van der Waals surface area contributed by atoms with E-state index in [0.29, 0.717) is 0 Å². The molecule has 0 saturated heterocycles. The summed E-state index contributed by atoms with van der Waals surface area (Å²) in [5, 5.41) is 7.28. The van der Waals surface area contributed by atoms with Gasteiger partial charge in [0.15, 0.2) is 0 Å². The summed E-state index contributed by atoms with van der Waals surface area (Å²) in [6.07, 6.45) is 29.1. The molecular formula is C84H132O6Si3Y5. The van der Waals surface area contributed by atoms with Gasteiger partial charge in [-0.05, 0) is 144 Å². The monoisotopic (exact) mass is 1770 g/mol. The molecule has 0 N–H and O–H groups in total. The summed E-state index contributed by atoms with van der Waals surface area (Å²) >= 11 is 0. The molecule has 6 rings (SSSR count). The number of rotatable bonds is 48. The standard InChI is InChI=1S/3C28H44O2Si.5Y/c1-5-15-25(3)17-13-23-29-31(27-19-9-7-10-20-27,28-21-11-8-12-22-28)30-24-14-18-26(4)16-6-2;1-5-16-25(4)17-14-23-29-31(27-19-10-8-11-20-27,28-21-12-9-13-22-28)30-24-15-18-26(6-2)7-3;1-5-25(6-2)17-15-23-29-31(27-19-11-9-12-20-27,28-21-13-10-14-22-28)30-24-16-18-26(7-3)8-4;;;;;/h7-12,19-22,25-26H,5-6,13-18,23-24H2,1-4H3;8-13,19-22,25-26H,5-7,14-18,23-24H2,1-4H3;9-14,19-22,25-26H,5-8,15-18,23-24H2,1-4H3;;;;;. The van der Waals surface area contributed by atoms with Crippen molar-refractivity contribution in [3.05, 3.63) is 182 Å². The minimum atomic E-state index is -2.73. The van der Waals surface area contributed by atoms with E-state index in [2.05, 4.69) is 265 Å². The zero-order valence-electron chi connectivity index (χ0n) is 63.8. The van der Waals surface area contributed by atoms with Gasteiger partial charge in [-0.15, -0.1) is 0 Å². The molecule has 0 aliphatic heterocycles. The maximum atomic E-state index is 6.82. The van der Waals surface area contributed by atoms with Crippen LogP contribution in [0.5, 0.6) is 0 Å². The minimum absolute atomic E-state index is 0. The Morgan fingerprint density at radius 3 is 0.520 bits per heavy atom. The summed E-state index contributed by atoms with van der Waals surface area (Å²) in [5.74, 6) is 4.69. The predicted molar refractivity (Wildman–Crippen MR) is 409 cm³/mol. The first-order chi connectivity index (χ1) is 45.5. The van der Waals surface area contributed by atoms with E-state index in [4.69, 9.17) is 26.6 Å². The van der Waals surface area contributed by atoms with Gasteiger partial charge in [0.1, 0.15) is 0 Å². The van der Waals surface area contributed by atoms with Gasteiger partial charge in [-0.3, -0.25) is 0 Å². The summed E-state index contributed by atoms with van der Waals surface area (Å²) in [6, 6.07) is 64.1. The Hall–Kier alpha value is 1.25. The van der Waals surface area contributed by atoms with Crippen LogP contribution in [0.3, 0.4) is 0 Å². The Kier molecular flexibility index (Phi) is 65.3. The van der Waals surface area contributed by atoms with E-state index in [1.807, 2.05) is 0 Å². The van der Waals surface area contributed by atoms with Crippen molar-refractivity contribution in [2.75, 3.05) is 39.6 Å². The van der Waals surface area contributed by atoms with Gasteiger partial charge in [-0.2, -0.15) is 0 Å². The molecular weight excluding hydrogens is 1630 g/mol. The normalized spacial score (nSPS) is 12.3. The second kappa shape index (κ2) is 63.2. The average molecular weight is 1770 g/mol. The molecule has 3 atom stereocenters. The summed E-state index contributed by atoms with van der Waals surface area (Å²) in [7, 11) is -8.19. The molecule has 5 radical (unpaired) electrons. The van der Waals surface area contributed by atoms with E-state index in [0.717, 1.165) is 114 Å². The van der Waals surface area contributed by atoms with E-state index < -0.39 is 25.7 Å². The van der Waals surface area contributed by atoms with E-state index in [1.54, 1.807) is 0 Å². The molecule has 6 aromatic rings. The molecule has 3 unspecified atom stereocenters. The smallest absolute Gasteiger partial charge is 0.388 e. The van der Waals surface area contributed by atoms with Crippen molar-refractivity contribution in [3.63, 3.8) is 0 Å². The first-order valence-corrected chi connectivity index (χ1v) is 43.1. The van der Waals surface area contributed by atoms with Crippen LogP contribution >= 0.6 is 0 Å². The van der Waals surface area contributed by atoms with Crippen molar-refractivity contribution in [3.8, 4) is 0 Å². The van der Waals surface area contributed by atoms with Crippen molar-refractivity contribution in [2.45, 2.75) is 237 Å². The van der Waals surface area contributed by atoms with Crippen molar-refractivity contribution in [1.82, 2.24) is 0 Å². The fraction of sp³-hybridized carbons (Fsp3) is 0.571. The third-order valence-electron chi connectivity index (χ3n) is 19.4. The molecule has 0 amide bonds. The van der Waals surface area contributed by atoms with Gasteiger partial charge < -0.3 is 26.6 Å². The molecule has 0 spiro atoms. The van der Waals surface area contributed by atoms with Gasteiger partial charge >= 0.3 is 25.7 Å². The van der Waals surface area contributed by atoms with Gasteiger partial charge in [-0.25, -0.2) is 0 Å². The molecule has 0 fully saturated rings. The van der Waals surface area contributed by atoms with Crippen LogP contribution in [0.1, 0.15) is 237 Å². The van der Waals surface area contributed by atoms with Crippen LogP contribution in [0.15, 0.2) is 182 Å². The fourth-order valence-electron chi connectivity index (χ4n) is 13.3. The third kappa shape index (κ3) is 37.9. The Labute approximate surface area is 731 Å². The van der Waals surface area contributed by atoms with Crippen LogP contribution in [-0.2, 0) is 190 Å². The molecule has 0 heterocycles. The molecule has 0 aliphatic carbocycles. The molecule has 6 nitrogen and oxygen atoms in total. The van der Waals surface area contributed by atoms with Gasteiger partial charge in [0, 0.05) is 203 Å². The summed E-state index contributed by atoms with van der Waals surface area (Å²) in [6.45, 7) is 32.2. The number of hydrogen-bond acceptors (Lipinski definition) is 6. The number of hydrogen-bond donors (Lipinski definition) is 0. The Morgan fingerprint density at radius 2 is 0.378 bits per heavy atom. The van der Waals surface area contributed by atoms with E-state index >= 15 is 0 Å². The molecule has 0 bridgehead atoms. The Balaban J connectivity index is 0. The second-order valence-electron chi connectivity index (χ2n) is 26.7. The SMILES string of the molecule is CCC(CC)CCCO[Si](OCCCC(CC)CC)(c1ccccc1)c1ccccc1.CCCC(C)CCCO[Si](OCCCC(C)CCC)(c1ccccc1)c1ccccc1.CCCC(C)CCCO[Si](OCCCC(CC)CC)(c1ccccc1)c1ccccc1.[Y].[Y].[Y].[Y].[Y]. The van der Waals surface area contributed by atoms with Crippen molar-refractivity contribution in [2.24, 2.45) is 35.5 Å². The zero-order valence-corrected chi connectivity index (χ0v) is 81.0. The largest absolute Gasteiger partial charge is 0.407 e. The first kappa shape index (κ1) is 101. The van der Waals surface area contributed by atoms with E-state index in [9.17, 15) is 0 Å². The van der Waals surface area contributed by atoms with Crippen LogP contribution in [0, 0.1) is 35.5 Å². The fourth-order valence-corrected chi connectivity index (χ4v) is 22.9. The second-order valence-corrected chi connectivity index (χ2v) is 35.6. The van der Waals surface area contributed by atoms with Crippen LogP contribution in [0.25, 0.3) is 0 Å². The Bertz CT molecular complexity index is 2500. The van der Waals surface area contributed by atoms with Crippen LogP contribution < -0.4 is 31.1 Å². The van der Waals surface area contributed by atoms with Gasteiger partial charge in [0.25, 0.3) is 0 Å². The molecule has 6 aromatic carbocycles. The van der Waals surface area contributed by atoms with Gasteiger partial charge in [0.2, 0.25) is 0 Å². The van der Waals surface area contributed by atoms with E-state index in [-0.39, 0.29) is 164 Å². The van der Waals surface area contributed by atoms with Crippen molar-refractivity contribution >= 4 is 56.8 Å². The average Bonchev–Trinajstić information content (AvgIpc) is 0.804. The van der Waals surface area contributed by atoms with Gasteiger partial charge in [-0.1, -0.05) is 342 Å². The first-order valence-electron chi connectivity index (χ1n) is 37.6. The number of benzene rings is 6. The Morgan fingerprint density at radius 1 is 0.224 bits per heavy atom. The summed E-state index contributed by atoms with van der Waals surface area (Å²) < 4.78 is 40.9. The van der Waals surface area contributed by atoms with Crippen LogP contribution in [0.4, 0.5) is 0 Å². The van der Waals surface area contributed by atoms with Gasteiger partial charge in [0.05, 0.1) is 0 Å².